The van der Waals surface area contributed by atoms with E-state index in [1.54, 1.807) is 0 Å². The van der Waals surface area contributed by atoms with Gasteiger partial charge in [0.15, 0.2) is 0 Å². The minimum Gasteiger partial charge on any atom is -0.500 e. The number of rotatable bonds is 3. The quantitative estimate of drug-likeness (QED) is 0.742. The van der Waals surface area contributed by atoms with Crippen molar-refractivity contribution in [2.45, 2.75) is 37.6 Å². The molecule has 0 saturated heterocycles. The summed E-state index contributed by atoms with van der Waals surface area (Å²) in [5.41, 5.74) is -5.26. The maximum absolute atomic E-state index is 12.2. The average Bonchev–Trinajstić information content (AvgIpc) is 2.25. The molecule has 0 amide bonds. The Morgan fingerprint density at radius 3 is 2.18 bits per heavy atom. The van der Waals surface area contributed by atoms with Gasteiger partial charge in [0, 0.05) is 5.92 Å². The standard InChI is InChI=1S/C10H15F3O3S/c1-16-9(8-5-3-2-4-6-8)7-17(14,15)10(11,12)13/h7-8H,2-6H2,1H3/b9-7-. The number of allylic oxidation sites excluding steroid dienone is 1. The fraction of sp³-hybridized carbons (Fsp3) is 0.800. The van der Waals surface area contributed by atoms with Crippen LogP contribution in [0.3, 0.4) is 0 Å². The van der Waals surface area contributed by atoms with Crippen molar-refractivity contribution in [3.63, 3.8) is 0 Å². The van der Waals surface area contributed by atoms with Crippen molar-refractivity contribution >= 4 is 9.84 Å². The van der Waals surface area contributed by atoms with Crippen LogP contribution in [0.1, 0.15) is 32.1 Å². The predicted molar refractivity (Wildman–Crippen MR) is 56.6 cm³/mol. The van der Waals surface area contributed by atoms with Crippen molar-refractivity contribution in [1.82, 2.24) is 0 Å². The largest absolute Gasteiger partial charge is 0.501 e. The number of ether oxygens (including phenoxy) is 1. The van der Waals surface area contributed by atoms with Gasteiger partial charge in [-0.15, -0.1) is 0 Å². The third kappa shape index (κ3) is 3.62. The monoisotopic (exact) mass is 272 g/mol. The molecule has 100 valence electrons. The molecule has 0 unspecified atom stereocenters. The molecule has 1 saturated carbocycles. The van der Waals surface area contributed by atoms with Gasteiger partial charge in [0.05, 0.1) is 12.5 Å². The third-order valence-electron chi connectivity index (χ3n) is 2.84. The Labute approximate surface area is 98.6 Å². The maximum Gasteiger partial charge on any atom is 0.501 e. The Morgan fingerprint density at radius 2 is 1.76 bits per heavy atom. The minimum absolute atomic E-state index is 0.0815. The first-order valence-electron chi connectivity index (χ1n) is 5.35. The Balaban J connectivity index is 2.93. The van der Waals surface area contributed by atoms with Gasteiger partial charge in [-0.3, -0.25) is 0 Å². The highest BCUT2D eigenvalue weighted by atomic mass is 32.2. The minimum atomic E-state index is -5.26. The summed E-state index contributed by atoms with van der Waals surface area (Å²) in [4.78, 5) is 0. The van der Waals surface area contributed by atoms with Gasteiger partial charge in [0.2, 0.25) is 0 Å². The first-order chi connectivity index (χ1) is 7.78. The van der Waals surface area contributed by atoms with Crippen LogP contribution in [-0.4, -0.2) is 21.0 Å². The Kier molecular flexibility index (Phi) is 4.46. The summed E-state index contributed by atoms with van der Waals surface area (Å²) >= 11 is 0. The summed E-state index contributed by atoms with van der Waals surface area (Å²) in [6.07, 6.45) is 4.15. The highest BCUT2D eigenvalue weighted by molar-refractivity contribution is 7.95. The van der Waals surface area contributed by atoms with Crippen LogP contribution in [0.2, 0.25) is 0 Å². The molecule has 1 rings (SSSR count). The first-order valence-corrected chi connectivity index (χ1v) is 6.89. The van der Waals surface area contributed by atoms with Crippen LogP contribution in [-0.2, 0) is 14.6 Å². The molecule has 3 nitrogen and oxygen atoms in total. The molecule has 0 heterocycles. The van der Waals surface area contributed by atoms with Gasteiger partial charge < -0.3 is 4.74 Å². The van der Waals surface area contributed by atoms with E-state index in [-0.39, 0.29) is 17.1 Å². The summed E-state index contributed by atoms with van der Waals surface area (Å²) in [6.45, 7) is 0. The molecule has 0 atom stereocenters. The van der Waals surface area contributed by atoms with E-state index in [1.165, 1.54) is 7.11 Å². The zero-order valence-corrected chi connectivity index (χ0v) is 10.3. The molecule has 7 heteroatoms. The summed E-state index contributed by atoms with van der Waals surface area (Å²) in [6, 6.07) is 0. The SMILES string of the molecule is CO/C(=C\S(=O)(=O)C(F)(F)F)C1CCCCC1. The van der Waals surface area contributed by atoms with E-state index in [0.717, 1.165) is 19.3 Å². The molecule has 0 aromatic carbocycles. The van der Waals surface area contributed by atoms with Gasteiger partial charge in [-0.05, 0) is 12.8 Å². The summed E-state index contributed by atoms with van der Waals surface area (Å²) in [5, 5.41) is 0.225. The molecule has 1 fully saturated rings. The summed E-state index contributed by atoms with van der Waals surface area (Å²) < 4.78 is 63.4. The zero-order valence-electron chi connectivity index (χ0n) is 9.46. The van der Waals surface area contributed by atoms with Crippen LogP contribution < -0.4 is 0 Å². The zero-order chi connectivity index (χ0) is 13.1. The number of hydrogen-bond acceptors (Lipinski definition) is 3. The van der Waals surface area contributed by atoms with Crippen molar-refractivity contribution in [3.05, 3.63) is 11.2 Å². The van der Waals surface area contributed by atoms with Gasteiger partial charge in [-0.2, -0.15) is 13.2 Å². The molecular weight excluding hydrogens is 257 g/mol. The lowest BCUT2D eigenvalue weighted by Gasteiger charge is -2.23. The molecular formula is C10H15F3O3S. The normalized spacial score (nSPS) is 20.4. The van der Waals surface area contributed by atoms with Crippen LogP contribution in [0.25, 0.3) is 0 Å². The van der Waals surface area contributed by atoms with Gasteiger partial charge in [0.25, 0.3) is 9.84 Å². The van der Waals surface area contributed by atoms with Gasteiger partial charge in [-0.25, -0.2) is 8.42 Å². The Morgan fingerprint density at radius 1 is 1.24 bits per heavy atom. The summed E-state index contributed by atoms with van der Waals surface area (Å²) in [5.74, 6) is -0.298. The number of hydrogen-bond donors (Lipinski definition) is 0. The lowest BCUT2D eigenvalue weighted by atomic mass is 9.88. The van der Waals surface area contributed by atoms with E-state index in [9.17, 15) is 21.6 Å². The van der Waals surface area contributed by atoms with Crippen LogP contribution in [0.4, 0.5) is 13.2 Å². The molecule has 0 N–H and O–H groups in total. The van der Waals surface area contributed by atoms with E-state index in [0.29, 0.717) is 12.8 Å². The lowest BCUT2D eigenvalue weighted by Crippen LogP contribution is -2.22. The molecule has 0 radical (unpaired) electrons. The van der Waals surface area contributed by atoms with Crippen molar-refractivity contribution in [2.75, 3.05) is 7.11 Å². The fourth-order valence-electron chi connectivity index (χ4n) is 1.92. The van der Waals surface area contributed by atoms with E-state index < -0.39 is 15.3 Å². The molecule has 1 aliphatic carbocycles. The van der Waals surface area contributed by atoms with E-state index >= 15 is 0 Å². The van der Waals surface area contributed by atoms with Crippen LogP contribution in [0, 0.1) is 5.92 Å². The van der Waals surface area contributed by atoms with Gasteiger partial charge in [-0.1, -0.05) is 19.3 Å². The molecule has 1 aliphatic rings. The smallest absolute Gasteiger partial charge is 0.500 e. The van der Waals surface area contributed by atoms with Gasteiger partial charge >= 0.3 is 5.51 Å². The van der Waals surface area contributed by atoms with Crippen LogP contribution in [0.15, 0.2) is 11.2 Å². The fourth-order valence-corrected chi connectivity index (χ4v) is 2.65. The number of sulfone groups is 1. The van der Waals surface area contributed by atoms with E-state index in [1.807, 2.05) is 0 Å². The lowest BCUT2D eigenvalue weighted by molar-refractivity contribution is -0.0424. The second kappa shape index (κ2) is 5.29. The van der Waals surface area contributed by atoms with Crippen molar-refractivity contribution in [1.29, 1.82) is 0 Å². The highest BCUT2D eigenvalue weighted by Crippen LogP contribution is 2.33. The summed E-state index contributed by atoms with van der Waals surface area (Å²) in [7, 11) is -4.04. The van der Waals surface area contributed by atoms with Gasteiger partial charge in [0.1, 0.15) is 5.76 Å². The average molecular weight is 272 g/mol. The molecule has 0 aromatic heterocycles. The number of alkyl halides is 3. The second-order valence-electron chi connectivity index (χ2n) is 4.05. The van der Waals surface area contributed by atoms with Crippen LogP contribution >= 0.6 is 0 Å². The third-order valence-corrected chi connectivity index (χ3v) is 4.02. The first kappa shape index (κ1) is 14.3. The number of methoxy groups -OCH3 is 1. The van der Waals surface area contributed by atoms with Crippen molar-refractivity contribution < 1.29 is 26.3 Å². The molecule has 0 aromatic rings. The van der Waals surface area contributed by atoms with Crippen molar-refractivity contribution in [3.8, 4) is 0 Å². The van der Waals surface area contributed by atoms with E-state index in [2.05, 4.69) is 0 Å². The molecule has 0 spiro atoms. The second-order valence-corrected chi connectivity index (χ2v) is 5.84. The molecule has 17 heavy (non-hydrogen) atoms. The highest BCUT2D eigenvalue weighted by Gasteiger charge is 2.45. The molecule has 0 bridgehead atoms. The van der Waals surface area contributed by atoms with Crippen molar-refractivity contribution in [2.24, 2.45) is 5.92 Å². The number of halogens is 3. The predicted octanol–water partition coefficient (Wildman–Crippen LogP) is 2.99. The molecule has 0 aliphatic heterocycles. The topological polar surface area (TPSA) is 43.4 Å². The maximum atomic E-state index is 12.2. The van der Waals surface area contributed by atoms with E-state index in [4.69, 9.17) is 4.74 Å². The van der Waals surface area contributed by atoms with Crippen LogP contribution in [0.5, 0.6) is 0 Å². The Bertz CT molecular complexity index is 378. The Hall–Kier alpha value is -0.720.